The van der Waals surface area contributed by atoms with Crippen LogP contribution in [0.5, 0.6) is 0 Å². The lowest BCUT2D eigenvalue weighted by atomic mass is 10.3. The second-order valence-corrected chi connectivity index (χ2v) is 3.46. The van der Waals surface area contributed by atoms with E-state index >= 15 is 0 Å². The zero-order valence-electron chi connectivity index (χ0n) is 7.40. The summed E-state index contributed by atoms with van der Waals surface area (Å²) >= 11 is 3.26. The molecular formula is C8H8BrN3O2. The van der Waals surface area contributed by atoms with Crippen LogP contribution in [0.1, 0.15) is 0 Å². The van der Waals surface area contributed by atoms with Crippen molar-refractivity contribution in [3.05, 3.63) is 33.6 Å². The Morgan fingerprint density at radius 3 is 2.86 bits per heavy atom. The van der Waals surface area contributed by atoms with Gasteiger partial charge in [0.2, 0.25) is 0 Å². The Labute approximate surface area is 89.2 Å². The van der Waals surface area contributed by atoms with Crippen LogP contribution < -0.4 is 5.32 Å². The molecule has 0 spiro atoms. The number of amides is 2. The molecule has 1 aromatic rings. The van der Waals surface area contributed by atoms with Crippen LogP contribution in [0.25, 0.3) is 0 Å². The van der Waals surface area contributed by atoms with Gasteiger partial charge in [0.05, 0.1) is 5.29 Å². The Balaban J connectivity index is 2.69. The predicted molar refractivity (Wildman–Crippen MR) is 56.7 cm³/mol. The van der Waals surface area contributed by atoms with E-state index in [1.165, 1.54) is 7.05 Å². The molecule has 0 saturated carbocycles. The fourth-order valence-corrected chi connectivity index (χ4v) is 1.21. The molecule has 0 radical (unpaired) electrons. The Kier molecular flexibility index (Phi) is 3.58. The maximum absolute atomic E-state index is 11.2. The molecule has 2 amide bonds. The summed E-state index contributed by atoms with van der Waals surface area (Å²) in [5.41, 5.74) is 0.597. The van der Waals surface area contributed by atoms with Crippen LogP contribution >= 0.6 is 15.9 Å². The van der Waals surface area contributed by atoms with Crippen molar-refractivity contribution in [2.75, 3.05) is 12.4 Å². The van der Waals surface area contributed by atoms with Gasteiger partial charge >= 0.3 is 6.03 Å². The van der Waals surface area contributed by atoms with E-state index in [-0.39, 0.29) is 0 Å². The molecule has 0 fully saturated rings. The fourth-order valence-electron chi connectivity index (χ4n) is 0.808. The van der Waals surface area contributed by atoms with Crippen LogP contribution in [0.15, 0.2) is 34.0 Å². The number of carbonyl (C=O) groups excluding carboxylic acids is 1. The molecule has 1 N–H and O–H groups in total. The largest absolute Gasteiger partial charge is 0.344 e. The zero-order valence-corrected chi connectivity index (χ0v) is 8.98. The molecule has 14 heavy (non-hydrogen) atoms. The Bertz CT molecular complexity index is 356. The zero-order chi connectivity index (χ0) is 10.6. The van der Waals surface area contributed by atoms with Crippen molar-refractivity contribution in [3.8, 4) is 0 Å². The van der Waals surface area contributed by atoms with Crippen LogP contribution in [0.2, 0.25) is 0 Å². The summed E-state index contributed by atoms with van der Waals surface area (Å²) in [6, 6.07) is 6.46. The molecule has 0 atom stereocenters. The molecule has 74 valence electrons. The minimum absolute atomic E-state index is 0.571. The molecular weight excluding hydrogens is 250 g/mol. The first-order valence-electron chi connectivity index (χ1n) is 3.77. The van der Waals surface area contributed by atoms with Crippen LogP contribution in [-0.4, -0.2) is 18.1 Å². The number of hydrogen-bond acceptors (Lipinski definition) is 3. The first-order valence-corrected chi connectivity index (χ1v) is 4.56. The van der Waals surface area contributed by atoms with E-state index in [9.17, 15) is 9.70 Å². The number of nitrogens with zero attached hydrogens (tertiary/aromatic N) is 2. The van der Waals surface area contributed by atoms with E-state index in [4.69, 9.17) is 0 Å². The molecule has 6 heteroatoms. The summed E-state index contributed by atoms with van der Waals surface area (Å²) in [4.78, 5) is 21.2. The molecule has 0 saturated heterocycles. The van der Waals surface area contributed by atoms with Crippen molar-refractivity contribution in [1.82, 2.24) is 5.01 Å². The van der Waals surface area contributed by atoms with E-state index < -0.39 is 6.03 Å². The fraction of sp³-hybridized carbons (Fsp3) is 0.125. The highest BCUT2D eigenvalue weighted by Crippen LogP contribution is 2.15. The molecule has 0 bridgehead atoms. The van der Waals surface area contributed by atoms with Crippen LogP contribution in [0.3, 0.4) is 0 Å². The van der Waals surface area contributed by atoms with Gasteiger partial charge in [0.1, 0.15) is 0 Å². The molecule has 0 heterocycles. The van der Waals surface area contributed by atoms with Gasteiger partial charge in [-0.15, -0.1) is 4.91 Å². The maximum atomic E-state index is 11.2. The molecule has 0 aliphatic rings. The van der Waals surface area contributed by atoms with E-state index in [1.807, 2.05) is 6.07 Å². The summed E-state index contributed by atoms with van der Waals surface area (Å²) in [6.45, 7) is 0. The molecule has 5 nitrogen and oxygen atoms in total. The van der Waals surface area contributed by atoms with Gasteiger partial charge < -0.3 is 5.32 Å². The third kappa shape index (κ3) is 2.81. The van der Waals surface area contributed by atoms with E-state index in [1.54, 1.807) is 18.2 Å². The number of carbonyl (C=O) groups is 1. The number of anilines is 1. The Morgan fingerprint density at radius 2 is 2.29 bits per heavy atom. The van der Waals surface area contributed by atoms with Crippen molar-refractivity contribution >= 4 is 27.6 Å². The second-order valence-electron chi connectivity index (χ2n) is 2.55. The number of rotatable bonds is 2. The minimum Gasteiger partial charge on any atom is -0.306 e. The first-order chi connectivity index (χ1) is 6.63. The molecule has 0 aromatic heterocycles. The Morgan fingerprint density at radius 1 is 1.57 bits per heavy atom. The highest BCUT2D eigenvalue weighted by Gasteiger charge is 2.07. The SMILES string of the molecule is CN(N=O)C(=O)Nc1cccc(Br)c1. The minimum atomic E-state index is -0.571. The van der Waals surface area contributed by atoms with Crippen molar-refractivity contribution < 1.29 is 4.79 Å². The number of halogens is 1. The number of urea groups is 1. The van der Waals surface area contributed by atoms with Crippen molar-refractivity contribution in [3.63, 3.8) is 0 Å². The topological polar surface area (TPSA) is 61.8 Å². The number of nitroso groups, excluding NO2 is 1. The highest BCUT2D eigenvalue weighted by molar-refractivity contribution is 9.10. The predicted octanol–water partition coefficient (Wildman–Crippen LogP) is 2.59. The van der Waals surface area contributed by atoms with Crippen LogP contribution in [-0.2, 0) is 0 Å². The summed E-state index contributed by atoms with van der Waals surface area (Å²) in [5, 5.41) is 5.64. The lowest BCUT2D eigenvalue weighted by Crippen LogP contribution is -2.26. The van der Waals surface area contributed by atoms with Crippen molar-refractivity contribution in [1.29, 1.82) is 0 Å². The average molecular weight is 258 g/mol. The molecule has 0 unspecified atom stereocenters. The molecule has 0 aliphatic carbocycles. The van der Waals surface area contributed by atoms with Crippen LogP contribution in [0.4, 0.5) is 10.5 Å². The van der Waals surface area contributed by atoms with Gasteiger partial charge in [-0.3, -0.25) is 0 Å². The average Bonchev–Trinajstić information content (AvgIpc) is 2.16. The smallest absolute Gasteiger partial charge is 0.306 e. The standard InChI is InChI=1S/C8H8BrN3O2/c1-12(11-14)8(13)10-7-4-2-3-6(9)5-7/h2-5H,1H3,(H,10,13). The Hall–Kier alpha value is -1.43. The van der Waals surface area contributed by atoms with Crippen molar-refractivity contribution in [2.45, 2.75) is 0 Å². The number of nitrogens with one attached hydrogen (secondary N) is 1. The third-order valence-electron chi connectivity index (χ3n) is 1.49. The van der Waals surface area contributed by atoms with Gasteiger partial charge in [-0.1, -0.05) is 22.0 Å². The molecule has 0 aliphatic heterocycles. The van der Waals surface area contributed by atoms with Crippen LogP contribution in [0, 0.1) is 4.91 Å². The summed E-state index contributed by atoms with van der Waals surface area (Å²) in [5.74, 6) is 0. The normalized spacial score (nSPS) is 9.29. The van der Waals surface area contributed by atoms with Gasteiger partial charge in [-0.25, -0.2) is 4.79 Å². The highest BCUT2D eigenvalue weighted by atomic mass is 79.9. The van der Waals surface area contributed by atoms with Gasteiger partial charge in [0, 0.05) is 17.2 Å². The maximum Gasteiger partial charge on any atom is 0.344 e. The summed E-state index contributed by atoms with van der Waals surface area (Å²) in [6.07, 6.45) is 0. The quantitative estimate of drug-likeness (QED) is 0.654. The second kappa shape index (κ2) is 4.71. The monoisotopic (exact) mass is 257 g/mol. The number of benzene rings is 1. The first kappa shape index (κ1) is 10.6. The van der Waals surface area contributed by atoms with Crippen molar-refractivity contribution in [2.24, 2.45) is 5.29 Å². The van der Waals surface area contributed by atoms with Gasteiger partial charge in [0.25, 0.3) is 0 Å². The van der Waals surface area contributed by atoms with Gasteiger partial charge in [0.15, 0.2) is 0 Å². The molecule has 1 rings (SSSR count). The molecule has 1 aromatic carbocycles. The lowest BCUT2D eigenvalue weighted by Gasteiger charge is -2.08. The van der Waals surface area contributed by atoms with Gasteiger partial charge in [-0.05, 0) is 18.2 Å². The third-order valence-corrected chi connectivity index (χ3v) is 1.99. The van der Waals surface area contributed by atoms with Gasteiger partial charge in [-0.2, -0.15) is 5.01 Å². The lowest BCUT2D eigenvalue weighted by molar-refractivity contribution is 0.224. The van der Waals surface area contributed by atoms with E-state index in [2.05, 4.69) is 26.5 Å². The number of hydrogen-bond donors (Lipinski definition) is 1. The van der Waals surface area contributed by atoms with E-state index in [0.717, 1.165) is 4.47 Å². The summed E-state index contributed by atoms with van der Waals surface area (Å²) in [7, 11) is 1.28. The summed E-state index contributed by atoms with van der Waals surface area (Å²) < 4.78 is 0.844. The van der Waals surface area contributed by atoms with E-state index in [0.29, 0.717) is 10.7 Å².